The lowest BCUT2D eigenvalue weighted by atomic mass is 10.1. The second-order valence-corrected chi connectivity index (χ2v) is 5.38. The van der Waals surface area contributed by atoms with Crippen LogP contribution in [0.4, 0.5) is 21.8 Å². The van der Waals surface area contributed by atoms with E-state index in [1.807, 2.05) is 24.3 Å². The summed E-state index contributed by atoms with van der Waals surface area (Å²) in [4.78, 5) is 8.12. The van der Waals surface area contributed by atoms with Crippen LogP contribution in [0.25, 0.3) is 0 Å². The number of ether oxygens (including phenoxy) is 1. The van der Waals surface area contributed by atoms with Crippen LogP contribution in [0.3, 0.4) is 0 Å². The largest absolute Gasteiger partial charge is 0.385 e. The highest BCUT2D eigenvalue weighted by Crippen LogP contribution is 2.17. The second-order valence-electron chi connectivity index (χ2n) is 5.38. The van der Waals surface area contributed by atoms with Crippen molar-refractivity contribution < 1.29 is 9.13 Å². The highest BCUT2D eigenvalue weighted by Gasteiger charge is 2.06. The normalized spacial score (nSPS) is 10.6. The Kier molecular flexibility index (Phi) is 7.38. The van der Waals surface area contributed by atoms with Crippen molar-refractivity contribution in [2.45, 2.75) is 19.3 Å². The van der Waals surface area contributed by atoms with Gasteiger partial charge in [0.2, 0.25) is 5.95 Å². The summed E-state index contributed by atoms with van der Waals surface area (Å²) in [5.74, 6) is 0.0435. The van der Waals surface area contributed by atoms with Gasteiger partial charge in [-0.05, 0) is 43.5 Å². The molecule has 0 saturated heterocycles. The van der Waals surface area contributed by atoms with Crippen LogP contribution < -0.4 is 16.4 Å². The predicted molar refractivity (Wildman–Crippen MR) is 94.1 cm³/mol. The Morgan fingerprint density at radius 1 is 1.21 bits per heavy atom. The molecule has 7 heteroatoms. The van der Waals surface area contributed by atoms with Crippen molar-refractivity contribution in [2.24, 2.45) is 5.73 Å². The molecule has 1 heterocycles. The molecular weight excluding hydrogens is 309 g/mol. The lowest BCUT2D eigenvalue weighted by Gasteiger charge is -2.09. The molecule has 0 atom stereocenters. The van der Waals surface area contributed by atoms with E-state index in [-0.39, 0.29) is 5.82 Å². The molecule has 0 fully saturated rings. The van der Waals surface area contributed by atoms with Gasteiger partial charge in [0.25, 0.3) is 0 Å². The van der Waals surface area contributed by atoms with Crippen molar-refractivity contribution in [3.05, 3.63) is 41.8 Å². The number of aryl methyl sites for hydroxylation is 1. The maximum atomic E-state index is 13.7. The average molecular weight is 333 g/mol. The first kappa shape index (κ1) is 18.1. The molecule has 0 aliphatic heterocycles. The maximum absolute atomic E-state index is 13.7. The molecule has 2 rings (SSSR count). The van der Waals surface area contributed by atoms with E-state index in [0.29, 0.717) is 19.0 Å². The molecule has 1 aromatic heterocycles. The van der Waals surface area contributed by atoms with Crippen LogP contribution in [0.1, 0.15) is 18.4 Å². The minimum Gasteiger partial charge on any atom is -0.385 e. The fourth-order valence-corrected chi connectivity index (χ4v) is 2.16. The topological polar surface area (TPSA) is 85.1 Å². The lowest BCUT2D eigenvalue weighted by molar-refractivity contribution is 0.195. The summed E-state index contributed by atoms with van der Waals surface area (Å²) in [5, 5.41) is 6.00. The second kappa shape index (κ2) is 9.79. The summed E-state index contributed by atoms with van der Waals surface area (Å²) >= 11 is 0. The first-order valence-corrected chi connectivity index (χ1v) is 8.04. The zero-order valence-electron chi connectivity index (χ0n) is 13.9. The van der Waals surface area contributed by atoms with Crippen molar-refractivity contribution in [1.29, 1.82) is 0 Å². The minimum absolute atomic E-state index is 0.178. The van der Waals surface area contributed by atoms with E-state index in [1.54, 1.807) is 7.11 Å². The number of benzene rings is 1. The van der Waals surface area contributed by atoms with Gasteiger partial charge >= 0.3 is 0 Å². The van der Waals surface area contributed by atoms with E-state index < -0.39 is 5.82 Å². The molecule has 0 saturated carbocycles. The van der Waals surface area contributed by atoms with Gasteiger partial charge in [-0.25, -0.2) is 9.37 Å². The third-order valence-electron chi connectivity index (χ3n) is 3.44. The molecule has 0 bridgehead atoms. The molecule has 2 aromatic rings. The van der Waals surface area contributed by atoms with Crippen LogP contribution in [0, 0.1) is 5.82 Å². The monoisotopic (exact) mass is 333 g/mol. The van der Waals surface area contributed by atoms with Gasteiger partial charge in [-0.3, -0.25) is 0 Å². The van der Waals surface area contributed by atoms with Crippen LogP contribution in [0.5, 0.6) is 0 Å². The van der Waals surface area contributed by atoms with Gasteiger partial charge in [-0.15, -0.1) is 0 Å². The average Bonchev–Trinajstić information content (AvgIpc) is 2.59. The van der Waals surface area contributed by atoms with Crippen molar-refractivity contribution in [3.63, 3.8) is 0 Å². The summed E-state index contributed by atoms with van der Waals surface area (Å²) in [5.41, 5.74) is 7.52. The molecular formula is C17H24FN5O. The van der Waals surface area contributed by atoms with E-state index in [9.17, 15) is 4.39 Å². The number of aromatic nitrogens is 2. The van der Waals surface area contributed by atoms with E-state index in [4.69, 9.17) is 10.5 Å². The Morgan fingerprint density at radius 3 is 2.71 bits per heavy atom. The molecule has 0 amide bonds. The first-order chi connectivity index (χ1) is 11.7. The van der Waals surface area contributed by atoms with Gasteiger partial charge in [0, 0.05) is 25.9 Å². The number of halogens is 1. The number of nitrogens with two attached hydrogens (primary N) is 1. The molecule has 0 radical (unpaired) electrons. The smallest absolute Gasteiger partial charge is 0.229 e. The van der Waals surface area contributed by atoms with Crippen LogP contribution in [0.2, 0.25) is 0 Å². The molecule has 0 aliphatic carbocycles. The van der Waals surface area contributed by atoms with Gasteiger partial charge < -0.3 is 21.1 Å². The van der Waals surface area contributed by atoms with E-state index in [1.165, 1.54) is 5.56 Å². The quantitative estimate of drug-likeness (QED) is 0.580. The summed E-state index contributed by atoms with van der Waals surface area (Å²) in [6.45, 7) is 1.87. The highest BCUT2D eigenvalue weighted by molar-refractivity contribution is 5.55. The molecule has 0 unspecified atom stereocenters. The van der Waals surface area contributed by atoms with E-state index in [0.717, 1.165) is 37.8 Å². The molecule has 130 valence electrons. The lowest BCUT2D eigenvalue weighted by Crippen LogP contribution is -2.11. The first-order valence-electron chi connectivity index (χ1n) is 8.04. The minimum atomic E-state index is -0.480. The Balaban J connectivity index is 1.96. The highest BCUT2D eigenvalue weighted by atomic mass is 19.1. The number of nitrogens with one attached hydrogen (secondary N) is 2. The van der Waals surface area contributed by atoms with Crippen molar-refractivity contribution in [2.75, 3.05) is 37.4 Å². The van der Waals surface area contributed by atoms with Gasteiger partial charge in [0.15, 0.2) is 11.6 Å². The van der Waals surface area contributed by atoms with Crippen LogP contribution >= 0.6 is 0 Å². The Morgan fingerprint density at radius 2 is 2.00 bits per heavy atom. The number of rotatable bonds is 10. The Labute approximate surface area is 141 Å². The van der Waals surface area contributed by atoms with Gasteiger partial charge in [-0.1, -0.05) is 12.1 Å². The summed E-state index contributed by atoms with van der Waals surface area (Å²) in [6.07, 6.45) is 3.86. The van der Waals surface area contributed by atoms with Crippen molar-refractivity contribution >= 4 is 17.5 Å². The zero-order chi connectivity index (χ0) is 17.2. The van der Waals surface area contributed by atoms with Gasteiger partial charge in [0.1, 0.15) is 0 Å². The Bertz CT molecular complexity index is 621. The van der Waals surface area contributed by atoms with E-state index >= 15 is 0 Å². The van der Waals surface area contributed by atoms with Crippen molar-refractivity contribution in [1.82, 2.24) is 9.97 Å². The molecule has 4 N–H and O–H groups in total. The van der Waals surface area contributed by atoms with Gasteiger partial charge in [-0.2, -0.15) is 4.98 Å². The fraction of sp³-hybridized carbons (Fsp3) is 0.412. The number of anilines is 3. The summed E-state index contributed by atoms with van der Waals surface area (Å²) in [7, 11) is 1.70. The number of hydrogen-bond donors (Lipinski definition) is 3. The third-order valence-corrected chi connectivity index (χ3v) is 3.44. The SMILES string of the molecule is COCCCc1ccc(Nc2ncc(F)c(NCCCN)n2)cc1. The standard InChI is InChI=1S/C17H24FN5O/c1-24-11-2-4-13-5-7-14(8-6-13)22-17-21-12-15(18)16(23-17)20-10-3-9-19/h5-8,12H,2-4,9-11,19H2,1H3,(H2,20,21,22,23). The summed E-state index contributed by atoms with van der Waals surface area (Å²) in [6, 6.07) is 8.00. The third kappa shape index (κ3) is 5.75. The van der Waals surface area contributed by atoms with E-state index in [2.05, 4.69) is 20.6 Å². The van der Waals surface area contributed by atoms with Gasteiger partial charge in [0.05, 0.1) is 6.20 Å². The number of methoxy groups -OCH3 is 1. The van der Waals surface area contributed by atoms with Crippen molar-refractivity contribution in [3.8, 4) is 0 Å². The number of nitrogens with zero attached hydrogens (tertiary/aromatic N) is 2. The number of hydrogen-bond acceptors (Lipinski definition) is 6. The Hall–Kier alpha value is -2.25. The fourth-order valence-electron chi connectivity index (χ4n) is 2.16. The van der Waals surface area contributed by atoms with Crippen LogP contribution in [-0.2, 0) is 11.2 Å². The maximum Gasteiger partial charge on any atom is 0.229 e. The molecule has 6 nitrogen and oxygen atoms in total. The summed E-state index contributed by atoms with van der Waals surface area (Å²) < 4.78 is 18.7. The molecule has 0 spiro atoms. The molecule has 0 aliphatic rings. The van der Waals surface area contributed by atoms with Crippen LogP contribution in [0.15, 0.2) is 30.5 Å². The molecule has 24 heavy (non-hydrogen) atoms. The van der Waals surface area contributed by atoms with Crippen LogP contribution in [-0.4, -0.2) is 36.8 Å². The molecule has 1 aromatic carbocycles. The zero-order valence-corrected chi connectivity index (χ0v) is 13.9. The predicted octanol–water partition coefficient (Wildman–Crippen LogP) is 2.70.